The summed E-state index contributed by atoms with van der Waals surface area (Å²) in [5.41, 5.74) is 7.00. The number of nitrogens with two attached hydrogens (primary N) is 1. The number of rotatable bonds is 2. The van der Waals surface area contributed by atoms with Crippen molar-refractivity contribution < 1.29 is 0 Å². The zero-order valence-electron chi connectivity index (χ0n) is 8.64. The van der Waals surface area contributed by atoms with Crippen molar-refractivity contribution in [3.63, 3.8) is 0 Å². The first kappa shape index (κ1) is 11.6. The number of hydrogen-bond acceptors (Lipinski definition) is 2. The lowest BCUT2D eigenvalue weighted by Crippen LogP contribution is -2.07. The second-order valence-corrected chi connectivity index (χ2v) is 5.01. The van der Waals surface area contributed by atoms with Gasteiger partial charge in [-0.2, -0.15) is 0 Å². The minimum Gasteiger partial charge on any atom is -0.404 e. The molecule has 0 unspecified atom stereocenters. The summed E-state index contributed by atoms with van der Waals surface area (Å²) >= 11 is 1.71. The van der Waals surface area contributed by atoms with Crippen molar-refractivity contribution in [2.75, 3.05) is 0 Å². The molecule has 0 rings (SSSR count). The van der Waals surface area contributed by atoms with E-state index in [2.05, 4.69) is 40.0 Å². The molecule has 0 atom stereocenters. The van der Waals surface area contributed by atoms with Gasteiger partial charge >= 0.3 is 0 Å². The molecule has 70 valence electrons. The van der Waals surface area contributed by atoms with Crippen LogP contribution in [0.3, 0.4) is 0 Å². The van der Waals surface area contributed by atoms with Gasteiger partial charge in [0, 0.05) is 11.1 Å². The minimum atomic E-state index is 0.158. The lowest BCUT2D eigenvalue weighted by Gasteiger charge is -2.20. The van der Waals surface area contributed by atoms with Crippen LogP contribution in [0.4, 0.5) is 0 Å². The van der Waals surface area contributed by atoms with Gasteiger partial charge in [-0.15, -0.1) is 11.8 Å². The van der Waals surface area contributed by atoms with E-state index in [1.807, 2.05) is 0 Å². The molecule has 12 heavy (non-hydrogen) atoms. The summed E-state index contributed by atoms with van der Waals surface area (Å²) in [6.07, 6.45) is 1.70. The molecule has 0 bridgehead atoms. The van der Waals surface area contributed by atoms with Crippen LogP contribution >= 0.6 is 11.8 Å². The normalized spacial score (nSPS) is 12.9. The second-order valence-electron chi connectivity index (χ2n) is 4.09. The fraction of sp³-hybridized carbons (Fsp3) is 0.600. The highest BCUT2D eigenvalue weighted by molar-refractivity contribution is 8.05. The molecule has 0 aliphatic rings. The van der Waals surface area contributed by atoms with E-state index >= 15 is 0 Å². The monoisotopic (exact) mass is 185 g/mol. The molecule has 0 amide bonds. The quantitative estimate of drug-likeness (QED) is 0.712. The Hall–Kier alpha value is -0.370. The van der Waals surface area contributed by atoms with Gasteiger partial charge in [0.05, 0.1) is 0 Å². The Balaban J connectivity index is 4.33. The van der Waals surface area contributed by atoms with Gasteiger partial charge in [-0.05, 0) is 24.7 Å². The molecule has 0 aromatic rings. The van der Waals surface area contributed by atoms with Crippen LogP contribution < -0.4 is 5.73 Å². The van der Waals surface area contributed by atoms with E-state index in [1.165, 1.54) is 10.5 Å². The van der Waals surface area contributed by atoms with E-state index < -0.39 is 0 Å². The van der Waals surface area contributed by atoms with Crippen LogP contribution in [0.2, 0.25) is 0 Å². The van der Waals surface area contributed by atoms with Gasteiger partial charge in [0.2, 0.25) is 0 Å². The first-order valence-corrected chi connectivity index (χ1v) is 4.98. The predicted octanol–water partition coefficient (Wildman–Crippen LogP) is 3.49. The third kappa shape index (κ3) is 4.50. The summed E-state index contributed by atoms with van der Waals surface area (Å²) in [5, 5.41) is 2.13. The summed E-state index contributed by atoms with van der Waals surface area (Å²) < 4.78 is 0. The van der Waals surface area contributed by atoms with Gasteiger partial charge < -0.3 is 5.73 Å². The highest BCUT2D eigenvalue weighted by Gasteiger charge is 2.15. The Labute approximate surface area is 80.1 Å². The van der Waals surface area contributed by atoms with Crippen molar-refractivity contribution in [1.29, 1.82) is 0 Å². The van der Waals surface area contributed by atoms with Crippen LogP contribution in [0.25, 0.3) is 0 Å². The molecule has 0 heterocycles. The molecule has 0 radical (unpaired) electrons. The maximum absolute atomic E-state index is 5.53. The summed E-state index contributed by atoms with van der Waals surface area (Å²) in [5.74, 6) is 0. The fourth-order valence-corrected chi connectivity index (χ4v) is 1.44. The minimum absolute atomic E-state index is 0.158. The van der Waals surface area contributed by atoms with Crippen molar-refractivity contribution in [1.82, 2.24) is 0 Å². The Kier molecular flexibility index (Phi) is 4.46. The molecule has 0 aromatic carbocycles. The topological polar surface area (TPSA) is 26.0 Å². The lowest BCUT2D eigenvalue weighted by molar-refractivity contribution is 0.532. The molecule has 0 aromatic heterocycles. The van der Waals surface area contributed by atoms with Crippen LogP contribution in [0, 0.1) is 5.41 Å². The van der Waals surface area contributed by atoms with Crippen molar-refractivity contribution in [3.05, 3.63) is 22.1 Å². The summed E-state index contributed by atoms with van der Waals surface area (Å²) in [4.78, 5) is 1.21. The van der Waals surface area contributed by atoms with Crippen LogP contribution in [-0.4, -0.2) is 0 Å². The molecule has 0 saturated carbocycles. The van der Waals surface area contributed by atoms with Gasteiger partial charge in [-0.1, -0.05) is 26.3 Å². The number of hydrogen-bond donors (Lipinski definition) is 1. The number of thioether (sulfide) groups is 1. The van der Waals surface area contributed by atoms with Crippen molar-refractivity contribution in [3.8, 4) is 0 Å². The Bertz CT molecular complexity index is 192. The molecule has 1 nitrogen and oxygen atoms in total. The third-order valence-electron chi connectivity index (χ3n) is 1.31. The molecule has 2 heteroatoms. The van der Waals surface area contributed by atoms with E-state index in [0.717, 1.165) is 0 Å². The van der Waals surface area contributed by atoms with Crippen molar-refractivity contribution >= 4 is 11.8 Å². The van der Waals surface area contributed by atoms with E-state index in [0.29, 0.717) is 0 Å². The Morgan fingerprint density at radius 2 is 1.75 bits per heavy atom. The zero-order valence-corrected chi connectivity index (χ0v) is 9.46. The van der Waals surface area contributed by atoms with Crippen molar-refractivity contribution in [2.24, 2.45) is 11.1 Å². The van der Waals surface area contributed by atoms with Crippen molar-refractivity contribution in [2.45, 2.75) is 34.6 Å². The highest BCUT2D eigenvalue weighted by Crippen LogP contribution is 2.34. The van der Waals surface area contributed by atoms with Gasteiger partial charge in [0.1, 0.15) is 0 Å². The Morgan fingerprint density at radius 1 is 1.25 bits per heavy atom. The molecule has 0 fully saturated rings. The van der Waals surface area contributed by atoms with E-state index in [9.17, 15) is 0 Å². The summed E-state index contributed by atoms with van der Waals surface area (Å²) in [7, 11) is 0. The number of allylic oxidation sites excluding steroid dienone is 2. The fourth-order valence-electron chi connectivity index (χ4n) is 0.647. The molecular formula is C10H19NS. The second kappa shape index (κ2) is 4.61. The summed E-state index contributed by atoms with van der Waals surface area (Å²) in [6, 6.07) is 0. The zero-order chi connectivity index (χ0) is 9.78. The first-order chi connectivity index (χ1) is 5.38. The van der Waals surface area contributed by atoms with Crippen LogP contribution in [-0.2, 0) is 0 Å². The van der Waals surface area contributed by atoms with E-state index in [4.69, 9.17) is 5.73 Å². The molecular weight excluding hydrogens is 166 g/mol. The average molecular weight is 185 g/mol. The maximum Gasteiger partial charge on any atom is 0.00997 e. The smallest absolute Gasteiger partial charge is 0.00997 e. The van der Waals surface area contributed by atoms with Gasteiger partial charge in [0.25, 0.3) is 0 Å². The molecule has 2 N–H and O–H groups in total. The van der Waals surface area contributed by atoms with Crippen LogP contribution in [0.1, 0.15) is 34.6 Å². The maximum atomic E-state index is 5.53. The SMILES string of the molecule is CC(C)=CS/C(=C\N)C(C)(C)C. The molecule has 0 spiro atoms. The van der Waals surface area contributed by atoms with Gasteiger partial charge in [-0.25, -0.2) is 0 Å². The molecule has 0 aliphatic carbocycles. The summed E-state index contributed by atoms with van der Waals surface area (Å²) in [6.45, 7) is 10.7. The van der Waals surface area contributed by atoms with E-state index in [-0.39, 0.29) is 5.41 Å². The standard InChI is InChI=1S/C10H19NS/c1-8(2)7-12-9(6-11)10(3,4)5/h6-7H,11H2,1-5H3/b9-6-. The predicted molar refractivity (Wildman–Crippen MR) is 58.7 cm³/mol. The largest absolute Gasteiger partial charge is 0.404 e. The van der Waals surface area contributed by atoms with E-state index in [1.54, 1.807) is 18.0 Å². The molecule has 0 aliphatic heterocycles. The lowest BCUT2D eigenvalue weighted by atomic mass is 9.97. The first-order valence-electron chi connectivity index (χ1n) is 4.10. The highest BCUT2D eigenvalue weighted by atomic mass is 32.2. The third-order valence-corrected chi connectivity index (χ3v) is 2.90. The Morgan fingerprint density at radius 3 is 2.00 bits per heavy atom. The van der Waals surface area contributed by atoms with Gasteiger partial charge in [0.15, 0.2) is 0 Å². The van der Waals surface area contributed by atoms with Gasteiger partial charge in [-0.3, -0.25) is 0 Å². The average Bonchev–Trinajstić information content (AvgIpc) is 1.85. The molecule has 0 saturated heterocycles. The van der Waals surface area contributed by atoms with Crippen LogP contribution in [0.5, 0.6) is 0 Å². The van der Waals surface area contributed by atoms with Crippen LogP contribution in [0.15, 0.2) is 22.1 Å².